The van der Waals surface area contributed by atoms with Gasteiger partial charge in [0.15, 0.2) is 11.9 Å². The lowest BCUT2D eigenvalue weighted by Crippen LogP contribution is -2.30. The fraction of sp³-hybridized carbons (Fsp3) is 0.286. The van der Waals surface area contributed by atoms with Crippen LogP contribution in [0.5, 0.6) is 5.75 Å². The molecule has 0 saturated heterocycles. The van der Waals surface area contributed by atoms with Gasteiger partial charge in [0.25, 0.3) is 12.3 Å². The summed E-state index contributed by atoms with van der Waals surface area (Å²) in [4.78, 5) is 11.9. The number of halogens is 2. The Kier molecular flexibility index (Phi) is 4.52. The molecule has 1 heterocycles. The van der Waals surface area contributed by atoms with Crippen LogP contribution in [0.3, 0.4) is 0 Å². The number of benzene rings is 1. The van der Waals surface area contributed by atoms with Crippen LogP contribution in [0, 0.1) is 6.92 Å². The Bertz CT molecular complexity index is 611. The van der Waals surface area contributed by atoms with Crippen molar-refractivity contribution in [3.63, 3.8) is 0 Å². The first-order chi connectivity index (χ1) is 9.95. The summed E-state index contributed by atoms with van der Waals surface area (Å²) in [6, 6.07) is 8.32. The molecule has 2 rings (SSSR count). The number of nitrogens with one attached hydrogen (secondary N) is 2. The molecule has 2 aromatic rings. The fourth-order valence-corrected chi connectivity index (χ4v) is 1.61. The Labute approximate surface area is 120 Å². The Hall–Kier alpha value is -2.44. The number of alkyl halides is 2. The maximum atomic E-state index is 12.4. The van der Waals surface area contributed by atoms with Crippen LogP contribution in [0.1, 0.15) is 24.6 Å². The van der Waals surface area contributed by atoms with E-state index in [1.807, 2.05) is 19.1 Å². The van der Waals surface area contributed by atoms with Gasteiger partial charge in [-0.15, -0.1) is 0 Å². The summed E-state index contributed by atoms with van der Waals surface area (Å²) in [5, 5.41) is 8.14. The molecule has 0 bridgehead atoms. The van der Waals surface area contributed by atoms with E-state index in [4.69, 9.17) is 4.74 Å². The first kappa shape index (κ1) is 15.0. The van der Waals surface area contributed by atoms with Crippen molar-refractivity contribution in [3.05, 3.63) is 41.6 Å². The molecular formula is C14H15F2N3O2. The summed E-state index contributed by atoms with van der Waals surface area (Å²) >= 11 is 0. The Morgan fingerprint density at radius 2 is 2.00 bits per heavy atom. The maximum Gasteiger partial charge on any atom is 0.279 e. The lowest BCUT2D eigenvalue weighted by molar-refractivity contribution is -0.122. The van der Waals surface area contributed by atoms with Gasteiger partial charge in [-0.05, 0) is 26.0 Å². The zero-order valence-electron chi connectivity index (χ0n) is 11.6. The van der Waals surface area contributed by atoms with E-state index in [9.17, 15) is 13.6 Å². The average molecular weight is 295 g/mol. The zero-order valence-corrected chi connectivity index (χ0v) is 11.6. The number of ether oxygens (including phenoxy) is 1. The summed E-state index contributed by atoms with van der Waals surface area (Å²) in [6.45, 7) is 3.51. The van der Waals surface area contributed by atoms with Gasteiger partial charge in [0.05, 0.1) is 0 Å². The van der Waals surface area contributed by atoms with Crippen LogP contribution >= 0.6 is 0 Å². The second kappa shape index (κ2) is 6.34. The van der Waals surface area contributed by atoms with Crippen LogP contribution < -0.4 is 10.1 Å². The van der Waals surface area contributed by atoms with Crippen molar-refractivity contribution in [1.82, 2.24) is 10.2 Å². The van der Waals surface area contributed by atoms with Crippen molar-refractivity contribution in [3.8, 4) is 5.75 Å². The molecule has 0 spiro atoms. The van der Waals surface area contributed by atoms with Gasteiger partial charge in [-0.25, -0.2) is 8.78 Å². The minimum Gasteiger partial charge on any atom is -0.481 e. The van der Waals surface area contributed by atoms with E-state index < -0.39 is 18.4 Å². The van der Waals surface area contributed by atoms with E-state index in [0.29, 0.717) is 5.75 Å². The Morgan fingerprint density at radius 1 is 1.33 bits per heavy atom. The third kappa shape index (κ3) is 4.01. The highest BCUT2D eigenvalue weighted by Gasteiger charge is 2.17. The molecule has 112 valence electrons. The van der Waals surface area contributed by atoms with Crippen LogP contribution in [0.2, 0.25) is 0 Å². The molecular weight excluding hydrogens is 280 g/mol. The number of anilines is 1. The quantitative estimate of drug-likeness (QED) is 0.891. The summed E-state index contributed by atoms with van der Waals surface area (Å²) in [6.07, 6.45) is -3.44. The molecule has 1 aromatic carbocycles. The van der Waals surface area contributed by atoms with E-state index >= 15 is 0 Å². The van der Waals surface area contributed by atoms with Crippen LogP contribution in [-0.2, 0) is 4.79 Å². The van der Waals surface area contributed by atoms with Gasteiger partial charge >= 0.3 is 0 Å². The standard InChI is InChI=1S/C14H15F2N3O2/c1-8-3-5-10(6-4-8)21-9(2)14(20)17-12-7-11(13(15)16)18-19-12/h3-7,9,13H,1-2H3,(H2,17,18,19,20). The molecule has 0 radical (unpaired) electrons. The summed E-state index contributed by atoms with van der Waals surface area (Å²) < 4.78 is 30.2. The number of nitrogens with zero attached hydrogens (tertiary/aromatic N) is 1. The van der Waals surface area contributed by atoms with Crippen LogP contribution in [0.25, 0.3) is 0 Å². The molecule has 1 amide bonds. The molecule has 0 aliphatic heterocycles. The minimum atomic E-state index is -2.66. The number of hydrogen-bond acceptors (Lipinski definition) is 3. The lowest BCUT2D eigenvalue weighted by Gasteiger charge is -2.13. The predicted molar refractivity (Wildman–Crippen MR) is 73.4 cm³/mol. The van der Waals surface area contributed by atoms with Crippen molar-refractivity contribution in [2.45, 2.75) is 26.4 Å². The number of aryl methyl sites for hydroxylation is 1. The molecule has 2 N–H and O–H groups in total. The molecule has 0 aliphatic carbocycles. The topological polar surface area (TPSA) is 67.0 Å². The number of aromatic amines is 1. The number of rotatable bonds is 5. The van der Waals surface area contributed by atoms with Gasteiger partial charge in [0.2, 0.25) is 0 Å². The van der Waals surface area contributed by atoms with E-state index in [2.05, 4.69) is 15.5 Å². The smallest absolute Gasteiger partial charge is 0.279 e. The van der Waals surface area contributed by atoms with Crippen molar-refractivity contribution < 1.29 is 18.3 Å². The summed E-state index contributed by atoms with van der Waals surface area (Å²) in [5.74, 6) is 0.121. The number of H-pyrrole nitrogens is 1. The van der Waals surface area contributed by atoms with Gasteiger partial charge in [-0.2, -0.15) is 5.10 Å². The fourth-order valence-electron chi connectivity index (χ4n) is 1.61. The molecule has 1 aromatic heterocycles. The Balaban J connectivity index is 1.94. The zero-order chi connectivity index (χ0) is 15.4. The van der Waals surface area contributed by atoms with Crippen molar-refractivity contribution in [2.75, 3.05) is 5.32 Å². The summed E-state index contributed by atoms with van der Waals surface area (Å²) in [7, 11) is 0. The number of aromatic nitrogens is 2. The second-order valence-corrected chi connectivity index (χ2v) is 4.57. The summed E-state index contributed by atoms with van der Waals surface area (Å²) in [5.41, 5.74) is 0.730. The molecule has 0 fully saturated rings. The second-order valence-electron chi connectivity index (χ2n) is 4.57. The first-order valence-corrected chi connectivity index (χ1v) is 6.33. The van der Waals surface area contributed by atoms with Crippen molar-refractivity contribution >= 4 is 11.7 Å². The minimum absolute atomic E-state index is 0.0367. The van der Waals surface area contributed by atoms with Gasteiger partial charge in [0.1, 0.15) is 11.4 Å². The van der Waals surface area contributed by atoms with Gasteiger partial charge in [-0.1, -0.05) is 17.7 Å². The van der Waals surface area contributed by atoms with Gasteiger partial charge in [0, 0.05) is 6.07 Å². The third-order valence-corrected chi connectivity index (χ3v) is 2.79. The number of carbonyl (C=O) groups is 1. The Morgan fingerprint density at radius 3 is 2.57 bits per heavy atom. The van der Waals surface area contributed by atoms with Crippen molar-refractivity contribution in [1.29, 1.82) is 0 Å². The van der Waals surface area contributed by atoms with E-state index in [1.54, 1.807) is 19.1 Å². The van der Waals surface area contributed by atoms with Gasteiger partial charge in [-0.3, -0.25) is 9.89 Å². The normalized spacial score (nSPS) is 12.2. The molecule has 1 unspecified atom stereocenters. The third-order valence-electron chi connectivity index (χ3n) is 2.79. The van der Waals surface area contributed by atoms with Crippen LogP contribution in [-0.4, -0.2) is 22.2 Å². The molecule has 21 heavy (non-hydrogen) atoms. The highest BCUT2D eigenvalue weighted by atomic mass is 19.3. The predicted octanol–water partition coefficient (Wildman–Crippen LogP) is 3.06. The molecule has 0 saturated carbocycles. The van der Waals surface area contributed by atoms with Crippen LogP contribution in [0.15, 0.2) is 30.3 Å². The largest absolute Gasteiger partial charge is 0.481 e. The van der Waals surface area contributed by atoms with E-state index in [1.165, 1.54) is 0 Å². The van der Waals surface area contributed by atoms with E-state index in [0.717, 1.165) is 11.6 Å². The molecule has 7 heteroatoms. The van der Waals surface area contributed by atoms with E-state index in [-0.39, 0.29) is 11.5 Å². The monoisotopic (exact) mass is 295 g/mol. The maximum absolute atomic E-state index is 12.4. The molecule has 1 atom stereocenters. The SMILES string of the molecule is Cc1ccc(OC(C)C(=O)Nc2cc(C(F)F)[nH]n2)cc1. The van der Waals surface area contributed by atoms with Crippen molar-refractivity contribution in [2.24, 2.45) is 0 Å². The van der Waals surface area contributed by atoms with Crippen LogP contribution in [0.4, 0.5) is 14.6 Å². The number of amides is 1. The molecule has 5 nitrogen and oxygen atoms in total. The van der Waals surface area contributed by atoms with Gasteiger partial charge < -0.3 is 10.1 Å². The number of carbonyl (C=O) groups excluding carboxylic acids is 1. The highest BCUT2D eigenvalue weighted by molar-refractivity contribution is 5.93. The highest BCUT2D eigenvalue weighted by Crippen LogP contribution is 2.19. The average Bonchev–Trinajstić information content (AvgIpc) is 2.90. The lowest BCUT2D eigenvalue weighted by atomic mass is 10.2. The first-order valence-electron chi connectivity index (χ1n) is 6.33. The number of hydrogen-bond donors (Lipinski definition) is 2. The molecule has 0 aliphatic rings.